The molecule has 4 nitrogen and oxygen atoms in total. The van der Waals surface area contributed by atoms with Crippen molar-refractivity contribution in [2.75, 3.05) is 13.1 Å². The number of rotatable bonds is 5. The highest BCUT2D eigenvalue weighted by Crippen LogP contribution is 2.25. The first-order chi connectivity index (χ1) is 8.31. The molecule has 2 aliphatic carbocycles. The summed E-state index contributed by atoms with van der Waals surface area (Å²) < 4.78 is 0. The van der Waals surface area contributed by atoms with Crippen LogP contribution >= 0.6 is 0 Å². The average Bonchev–Trinajstić information content (AvgIpc) is 2.73. The lowest BCUT2D eigenvalue weighted by Gasteiger charge is -2.38. The predicted molar refractivity (Wildman–Crippen MR) is 68.8 cm³/mol. The van der Waals surface area contributed by atoms with Crippen LogP contribution in [0.25, 0.3) is 0 Å². The van der Waals surface area contributed by atoms with E-state index in [1.54, 1.807) is 0 Å². The third-order valence-corrected chi connectivity index (χ3v) is 4.06. The Morgan fingerprint density at radius 1 is 1.18 bits per heavy atom. The molecule has 2 amide bonds. The smallest absolute Gasteiger partial charge is 0.317 e. The van der Waals surface area contributed by atoms with E-state index in [0.29, 0.717) is 18.6 Å². The molecule has 2 saturated carbocycles. The lowest BCUT2D eigenvalue weighted by molar-refractivity contribution is 0.135. The van der Waals surface area contributed by atoms with Crippen molar-refractivity contribution in [3.63, 3.8) is 0 Å². The van der Waals surface area contributed by atoms with Crippen LogP contribution in [0.15, 0.2) is 0 Å². The van der Waals surface area contributed by atoms with Gasteiger partial charge in [0.1, 0.15) is 0 Å². The SMILES string of the molecule is NCCCN(C(=O)NC1CCCC1)C1CCC1. The van der Waals surface area contributed by atoms with Crippen molar-refractivity contribution in [1.29, 1.82) is 0 Å². The molecular weight excluding hydrogens is 214 g/mol. The molecular formula is C13H25N3O. The zero-order valence-corrected chi connectivity index (χ0v) is 10.7. The summed E-state index contributed by atoms with van der Waals surface area (Å²) >= 11 is 0. The molecule has 0 saturated heterocycles. The van der Waals surface area contributed by atoms with Crippen molar-refractivity contribution in [2.45, 2.75) is 63.5 Å². The van der Waals surface area contributed by atoms with E-state index in [2.05, 4.69) is 5.32 Å². The second kappa shape index (κ2) is 6.24. The van der Waals surface area contributed by atoms with Crippen LogP contribution in [0.2, 0.25) is 0 Å². The first kappa shape index (κ1) is 12.7. The molecule has 2 rings (SSSR count). The van der Waals surface area contributed by atoms with Crippen LogP contribution in [-0.4, -0.2) is 36.1 Å². The van der Waals surface area contributed by atoms with Gasteiger partial charge in [0.25, 0.3) is 0 Å². The molecule has 0 heterocycles. The van der Waals surface area contributed by atoms with Crippen LogP contribution in [0.4, 0.5) is 4.79 Å². The Labute approximate surface area is 104 Å². The summed E-state index contributed by atoms with van der Waals surface area (Å²) in [7, 11) is 0. The van der Waals surface area contributed by atoms with Gasteiger partial charge in [-0.3, -0.25) is 0 Å². The molecule has 0 radical (unpaired) electrons. The van der Waals surface area contributed by atoms with Gasteiger partial charge in [0.05, 0.1) is 0 Å². The Bertz CT molecular complexity index is 247. The lowest BCUT2D eigenvalue weighted by atomic mass is 9.91. The first-order valence-corrected chi connectivity index (χ1v) is 7.08. The summed E-state index contributed by atoms with van der Waals surface area (Å²) in [6.45, 7) is 1.49. The molecule has 17 heavy (non-hydrogen) atoms. The quantitative estimate of drug-likeness (QED) is 0.769. The van der Waals surface area contributed by atoms with Crippen molar-refractivity contribution in [3.05, 3.63) is 0 Å². The predicted octanol–water partition coefficient (Wildman–Crippen LogP) is 1.84. The van der Waals surface area contributed by atoms with Gasteiger partial charge < -0.3 is 16.0 Å². The summed E-state index contributed by atoms with van der Waals surface area (Å²) in [5.74, 6) is 0. The zero-order chi connectivity index (χ0) is 12.1. The van der Waals surface area contributed by atoms with E-state index in [4.69, 9.17) is 5.73 Å². The summed E-state index contributed by atoms with van der Waals surface area (Å²) in [4.78, 5) is 14.2. The number of carbonyl (C=O) groups is 1. The largest absolute Gasteiger partial charge is 0.335 e. The van der Waals surface area contributed by atoms with Crippen molar-refractivity contribution in [3.8, 4) is 0 Å². The maximum absolute atomic E-state index is 12.2. The third kappa shape index (κ3) is 3.35. The number of carbonyl (C=O) groups excluding carboxylic acids is 1. The highest BCUT2D eigenvalue weighted by atomic mass is 16.2. The molecule has 0 aromatic rings. The molecule has 2 aliphatic rings. The maximum atomic E-state index is 12.2. The van der Waals surface area contributed by atoms with Crippen LogP contribution in [0.3, 0.4) is 0 Å². The number of nitrogens with two attached hydrogens (primary N) is 1. The van der Waals surface area contributed by atoms with Gasteiger partial charge in [-0.1, -0.05) is 12.8 Å². The molecule has 0 bridgehead atoms. The Morgan fingerprint density at radius 3 is 2.41 bits per heavy atom. The number of hydrogen-bond donors (Lipinski definition) is 2. The molecule has 0 spiro atoms. The second-order valence-electron chi connectivity index (χ2n) is 5.35. The van der Waals surface area contributed by atoms with Gasteiger partial charge in [-0.05, 0) is 45.1 Å². The van der Waals surface area contributed by atoms with Crippen LogP contribution in [0.1, 0.15) is 51.4 Å². The van der Waals surface area contributed by atoms with Gasteiger partial charge in [-0.2, -0.15) is 0 Å². The average molecular weight is 239 g/mol. The van der Waals surface area contributed by atoms with Gasteiger partial charge in [-0.15, -0.1) is 0 Å². The van der Waals surface area contributed by atoms with E-state index in [0.717, 1.165) is 25.8 Å². The van der Waals surface area contributed by atoms with E-state index in [-0.39, 0.29) is 6.03 Å². The standard InChI is InChI=1S/C13H25N3O/c14-9-4-10-16(12-7-3-8-12)13(17)15-11-5-1-2-6-11/h11-12H,1-10,14H2,(H,15,17). The number of amides is 2. The minimum Gasteiger partial charge on any atom is -0.335 e. The fourth-order valence-corrected chi connectivity index (χ4v) is 2.74. The molecule has 0 aromatic heterocycles. The molecule has 2 fully saturated rings. The summed E-state index contributed by atoms with van der Waals surface area (Å²) in [5.41, 5.74) is 5.54. The van der Waals surface area contributed by atoms with E-state index in [1.165, 1.54) is 32.1 Å². The van der Waals surface area contributed by atoms with Crippen LogP contribution in [0.5, 0.6) is 0 Å². The molecule has 0 unspecified atom stereocenters. The summed E-state index contributed by atoms with van der Waals surface area (Å²) in [6, 6.07) is 1.04. The first-order valence-electron chi connectivity index (χ1n) is 7.08. The second-order valence-corrected chi connectivity index (χ2v) is 5.35. The molecule has 0 aliphatic heterocycles. The minimum atomic E-state index is 0.148. The molecule has 98 valence electrons. The maximum Gasteiger partial charge on any atom is 0.317 e. The fourth-order valence-electron chi connectivity index (χ4n) is 2.74. The van der Waals surface area contributed by atoms with Crippen LogP contribution < -0.4 is 11.1 Å². The van der Waals surface area contributed by atoms with Crippen molar-refractivity contribution in [2.24, 2.45) is 5.73 Å². The Morgan fingerprint density at radius 2 is 1.88 bits per heavy atom. The Kier molecular flexibility index (Phi) is 4.66. The molecule has 3 N–H and O–H groups in total. The Balaban J connectivity index is 1.82. The van der Waals surface area contributed by atoms with Gasteiger partial charge in [0, 0.05) is 18.6 Å². The topological polar surface area (TPSA) is 58.4 Å². The normalized spacial score (nSPS) is 21.2. The summed E-state index contributed by atoms with van der Waals surface area (Å²) in [6.07, 6.45) is 9.34. The van der Waals surface area contributed by atoms with E-state index >= 15 is 0 Å². The molecule has 4 heteroatoms. The summed E-state index contributed by atoms with van der Waals surface area (Å²) in [5, 5.41) is 3.18. The van der Waals surface area contributed by atoms with E-state index in [1.807, 2.05) is 4.90 Å². The number of nitrogens with zero attached hydrogens (tertiary/aromatic N) is 1. The monoisotopic (exact) mass is 239 g/mol. The fraction of sp³-hybridized carbons (Fsp3) is 0.923. The Hall–Kier alpha value is -0.770. The van der Waals surface area contributed by atoms with Crippen molar-refractivity contribution >= 4 is 6.03 Å². The van der Waals surface area contributed by atoms with Gasteiger partial charge in [-0.25, -0.2) is 4.79 Å². The van der Waals surface area contributed by atoms with Gasteiger partial charge >= 0.3 is 6.03 Å². The highest BCUT2D eigenvalue weighted by Gasteiger charge is 2.29. The lowest BCUT2D eigenvalue weighted by Crippen LogP contribution is -2.51. The molecule has 0 aromatic carbocycles. The van der Waals surface area contributed by atoms with E-state index in [9.17, 15) is 4.79 Å². The van der Waals surface area contributed by atoms with E-state index < -0.39 is 0 Å². The minimum absolute atomic E-state index is 0.148. The third-order valence-electron chi connectivity index (χ3n) is 4.06. The van der Waals surface area contributed by atoms with Crippen molar-refractivity contribution < 1.29 is 4.79 Å². The van der Waals surface area contributed by atoms with Crippen LogP contribution in [0, 0.1) is 0 Å². The molecule has 0 atom stereocenters. The van der Waals surface area contributed by atoms with Crippen molar-refractivity contribution in [1.82, 2.24) is 10.2 Å². The number of urea groups is 1. The number of nitrogens with one attached hydrogen (secondary N) is 1. The number of hydrogen-bond acceptors (Lipinski definition) is 2. The zero-order valence-electron chi connectivity index (χ0n) is 10.7. The van der Waals surface area contributed by atoms with Gasteiger partial charge in [0.15, 0.2) is 0 Å². The van der Waals surface area contributed by atoms with Crippen LogP contribution in [-0.2, 0) is 0 Å². The highest BCUT2D eigenvalue weighted by molar-refractivity contribution is 5.75. The van der Waals surface area contributed by atoms with Gasteiger partial charge in [0.2, 0.25) is 0 Å².